The Morgan fingerprint density at radius 2 is 1.94 bits per heavy atom. The Hall–Kier alpha value is 0.660. The van der Waals surface area contributed by atoms with Gasteiger partial charge >= 0.3 is 0 Å². The van der Waals surface area contributed by atoms with Crippen LogP contribution in [-0.2, 0) is 0 Å². The number of thioether (sulfide) groups is 1. The molecule has 1 atom stereocenters. The fourth-order valence-electron chi connectivity index (χ4n) is 2.86. The monoisotopic (exact) mass is 275 g/mol. The van der Waals surface area contributed by atoms with Crippen molar-refractivity contribution in [1.29, 1.82) is 0 Å². The highest BCUT2D eigenvalue weighted by Crippen LogP contribution is 2.38. The van der Waals surface area contributed by atoms with E-state index in [0.29, 0.717) is 11.5 Å². The van der Waals surface area contributed by atoms with E-state index in [1.807, 2.05) is 11.8 Å². The van der Waals surface area contributed by atoms with Gasteiger partial charge in [-0.05, 0) is 56.4 Å². The van der Waals surface area contributed by atoms with Crippen LogP contribution in [0.1, 0.15) is 45.4 Å². The molecular formula is C14H29NS2. The molecule has 17 heavy (non-hydrogen) atoms. The zero-order valence-electron chi connectivity index (χ0n) is 11.7. The minimum Gasteiger partial charge on any atom is -0.303 e. The summed E-state index contributed by atoms with van der Waals surface area (Å²) < 4.78 is 0. The lowest BCUT2D eigenvalue weighted by atomic mass is 9.75. The van der Waals surface area contributed by atoms with Crippen LogP contribution < -0.4 is 0 Å². The highest BCUT2D eigenvalue weighted by atomic mass is 32.2. The van der Waals surface area contributed by atoms with Crippen molar-refractivity contribution in [2.24, 2.45) is 5.41 Å². The third-order valence-corrected chi connectivity index (χ3v) is 5.64. The third-order valence-electron chi connectivity index (χ3n) is 4.33. The Kier molecular flexibility index (Phi) is 7.36. The van der Waals surface area contributed by atoms with Crippen LogP contribution in [0.3, 0.4) is 0 Å². The molecule has 102 valence electrons. The van der Waals surface area contributed by atoms with Gasteiger partial charge < -0.3 is 4.90 Å². The fourth-order valence-corrected chi connectivity index (χ4v) is 3.85. The van der Waals surface area contributed by atoms with E-state index in [0.717, 1.165) is 5.75 Å². The molecule has 1 aliphatic carbocycles. The first-order valence-corrected chi connectivity index (χ1v) is 8.96. The molecule has 1 fully saturated rings. The minimum absolute atomic E-state index is 0.504. The lowest BCUT2D eigenvalue weighted by Crippen LogP contribution is -2.42. The second-order valence-electron chi connectivity index (χ2n) is 5.76. The van der Waals surface area contributed by atoms with Gasteiger partial charge in [0.15, 0.2) is 0 Å². The normalized spacial score (nSPS) is 21.7. The molecular weight excluding hydrogens is 246 g/mol. The molecule has 0 aliphatic heterocycles. The highest BCUT2D eigenvalue weighted by Gasteiger charge is 2.32. The summed E-state index contributed by atoms with van der Waals surface area (Å²) >= 11 is 6.59. The first-order valence-electron chi connectivity index (χ1n) is 6.93. The Morgan fingerprint density at radius 3 is 2.47 bits per heavy atom. The SMILES string of the molecule is CSCCC(C)N(C)CC1(CS)CCCCC1. The summed E-state index contributed by atoms with van der Waals surface area (Å²) in [5.41, 5.74) is 0.504. The molecule has 0 aromatic carbocycles. The predicted molar refractivity (Wildman–Crippen MR) is 84.5 cm³/mol. The molecule has 0 amide bonds. The zero-order chi connectivity index (χ0) is 12.7. The molecule has 0 saturated heterocycles. The first kappa shape index (κ1) is 15.7. The van der Waals surface area contributed by atoms with E-state index in [4.69, 9.17) is 0 Å². The molecule has 0 radical (unpaired) electrons. The van der Waals surface area contributed by atoms with Gasteiger partial charge in [-0.15, -0.1) is 0 Å². The van der Waals surface area contributed by atoms with Gasteiger partial charge in [0, 0.05) is 12.6 Å². The van der Waals surface area contributed by atoms with Crippen molar-refractivity contribution in [3.05, 3.63) is 0 Å². The average Bonchev–Trinajstić information content (AvgIpc) is 2.36. The molecule has 1 saturated carbocycles. The summed E-state index contributed by atoms with van der Waals surface area (Å²) in [5.74, 6) is 2.34. The molecule has 0 aromatic rings. The van der Waals surface area contributed by atoms with Gasteiger partial charge in [0.2, 0.25) is 0 Å². The maximum absolute atomic E-state index is 4.63. The molecule has 0 spiro atoms. The molecule has 1 rings (SSSR count). The smallest absolute Gasteiger partial charge is 0.00719 e. The fraction of sp³-hybridized carbons (Fsp3) is 1.00. The number of thiol groups is 1. The Morgan fingerprint density at radius 1 is 1.29 bits per heavy atom. The van der Waals surface area contributed by atoms with E-state index < -0.39 is 0 Å². The van der Waals surface area contributed by atoms with Crippen molar-refractivity contribution in [2.45, 2.75) is 51.5 Å². The topological polar surface area (TPSA) is 3.24 Å². The molecule has 3 heteroatoms. The van der Waals surface area contributed by atoms with Crippen molar-refractivity contribution in [1.82, 2.24) is 4.90 Å². The summed E-state index contributed by atoms with van der Waals surface area (Å²) in [7, 11) is 2.30. The Labute approximate surface area is 118 Å². The second kappa shape index (κ2) is 7.96. The van der Waals surface area contributed by atoms with Crippen molar-refractivity contribution in [3.63, 3.8) is 0 Å². The van der Waals surface area contributed by atoms with Gasteiger partial charge in [-0.25, -0.2) is 0 Å². The van der Waals surface area contributed by atoms with Crippen LogP contribution >= 0.6 is 24.4 Å². The van der Waals surface area contributed by atoms with Gasteiger partial charge in [0.25, 0.3) is 0 Å². The van der Waals surface area contributed by atoms with Crippen LogP contribution in [0, 0.1) is 5.41 Å². The standard InChI is InChI=1S/C14H29NS2/c1-13(7-10-17-3)15(2)11-14(12-16)8-5-4-6-9-14/h13,16H,4-12H2,1-3H3. The minimum atomic E-state index is 0.504. The first-order chi connectivity index (χ1) is 8.13. The molecule has 0 heterocycles. The molecule has 1 aliphatic rings. The van der Waals surface area contributed by atoms with Crippen molar-refractivity contribution < 1.29 is 0 Å². The van der Waals surface area contributed by atoms with E-state index >= 15 is 0 Å². The number of rotatable bonds is 7. The van der Waals surface area contributed by atoms with Gasteiger partial charge in [-0.3, -0.25) is 0 Å². The van der Waals surface area contributed by atoms with Gasteiger partial charge in [-0.1, -0.05) is 19.3 Å². The summed E-state index contributed by atoms with van der Waals surface area (Å²) in [6.45, 7) is 3.61. The maximum Gasteiger partial charge on any atom is 0.00719 e. The van der Waals surface area contributed by atoms with E-state index in [2.05, 4.69) is 37.8 Å². The molecule has 0 bridgehead atoms. The Bertz CT molecular complexity index is 202. The lowest BCUT2D eigenvalue weighted by molar-refractivity contribution is 0.118. The summed E-state index contributed by atoms with van der Waals surface area (Å²) in [6.07, 6.45) is 10.5. The largest absolute Gasteiger partial charge is 0.303 e. The van der Waals surface area contributed by atoms with Gasteiger partial charge in [-0.2, -0.15) is 24.4 Å². The van der Waals surface area contributed by atoms with Crippen LogP contribution in [0.25, 0.3) is 0 Å². The van der Waals surface area contributed by atoms with Gasteiger partial charge in [0.05, 0.1) is 0 Å². The number of nitrogens with zero attached hydrogens (tertiary/aromatic N) is 1. The van der Waals surface area contributed by atoms with Crippen LogP contribution in [-0.4, -0.2) is 42.3 Å². The quantitative estimate of drug-likeness (QED) is 0.701. The highest BCUT2D eigenvalue weighted by molar-refractivity contribution is 7.98. The number of hydrogen-bond acceptors (Lipinski definition) is 3. The van der Waals surface area contributed by atoms with Crippen LogP contribution in [0.2, 0.25) is 0 Å². The average molecular weight is 276 g/mol. The van der Waals surface area contributed by atoms with Gasteiger partial charge in [0.1, 0.15) is 0 Å². The summed E-state index contributed by atoms with van der Waals surface area (Å²) in [4.78, 5) is 2.57. The Balaban J connectivity index is 2.43. The molecule has 0 N–H and O–H groups in total. The van der Waals surface area contributed by atoms with Crippen molar-refractivity contribution in [3.8, 4) is 0 Å². The summed E-state index contributed by atoms with van der Waals surface area (Å²) in [6, 6.07) is 0.709. The van der Waals surface area contributed by atoms with Crippen LogP contribution in [0.5, 0.6) is 0 Å². The van der Waals surface area contributed by atoms with Crippen LogP contribution in [0.15, 0.2) is 0 Å². The van der Waals surface area contributed by atoms with E-state index in [9.17, 15) is 0 Å². The third kappa shape index (κ3) is 5.04. The number of hydrogen-bond donors (Lipinski definition) is 1. The van der Waals surface area contributed by atoms with E-state index in [1.165, 1.54) is 50.8 Å². The maximum atomic E-state index is 4.63. The van der Waals surface area contributed by atoms with E-state index in [-0.39, 0.29) is 0 Å². The van der Waals surface area contributed by atoms with Crippen molar-refractivity contribution >= 4 is 24.4 Å². The van der Waals surface area contributed by atoms with Crippen LogP contribution in [0.4, 0.5) is 0 Å². The zero-order valence-corrected chi connectivity index (χ0v) is 13.5. The lowest BCUT2D eigenvalue weighted by Gasteiger charge is -2.41. The molecule has 1 nitrogen and oxygen atoms in total. The molecule has 1 unspecified atom stereocenters. The summed E-state index contributed by atoms with van der Waals surface area (Å²) in [5, 5.41) is 0. The second-order valence-corrected chi connectivity index (χ2v) is 7.07. The van der Waals surface area contributed by atoms with Crippen molar-refractivity contribution in [2.75, 3.05) is 31.4 Å². The predicted octanol–water partition coefficient (Wildman–Crippen LogP) is 3.94. The van der Waals surface area contributed by atoms with E-state index in [1.54, 1.807) is 0 Å². The molecule has 0 aromatic heterocycles.